The molecule has 0 aromatic heterocycles. The van der Waals surface area contributed by atoms with Crippen LogP contribution in [0.25, 0.3) is 0 Å². The zero-order valence-corrected chi connectivity index (χ0v) is 20.3. The van der Waals surface area contributed by atoms with Crippen LogP contribution in [0.1, 0.15) is 47.8 Å². The van der Waals surface area contributed by atoms with Gasteiger partial charge in [-0.2, -0.15) is 0 Å². The first-order valence-electron chi connectivity index (χ1n) is 11.5. The summed E-state index contributed by atoms with van der Waals surface area (Å²) in [5.41, 5.74) is -0.137. The monoisotopic (exact) mass is 485 g/mol. The van der Waals surface area contributed by atoms with Gasteiger partial charge in [0.2, 0.25) is 5.96 Å². The number of carboxylic acids is 1. The molecule has 3 aromatic carbocycles. The van der Waals surface area contributed by atoms with E-state index in [1.165, 1.54) is 17.0 Å². The lowest BCUT2D eigenvalue weighted by atomic mass is 9.82. The van der Waals surface area contributed by atoms with E-state index in [0.29, 0.717) is 16.7 Å². The van der Waals surface area contributed by atoms with Crippen molar-refractivity contribution in [3.05, 3.63) is 107 Å². The zero-order chi connectivity index (χ0) is 25.9. The minimum atomic E-state index is -1.35. The number of carbonyl (C=O) groups is 3. The molecule has 8 nitrogen and oxygen atoms in total. The van der Waals surface area contributed by atoms with Crippen molar-refractivity contribution in [3.8, 4) is 0 Å². The molecule has 0 aliphatic carbocycles. The predicted octanol–water partition coefficient (Wildman–Crippen LogP) is 4.55. The second-order valence-electron chi connectivity index (χ2n) is 9.42. The number of carboxylic acid groups (broad SMARTS) is 1. The molecule has 1 saturated heterocycles. The molecule has 4 rings (SSSR count). The minimum Gasteiger partial charge on any atom is -0.478 e. The van der Waals surface area contributed by atoms with E-state index < -0.39 is 23.2 Å². The van der Waals surface area contributed by atoms with E-state index in [9.17, 15) is 19.5 Å². The summed E-state index contributed by atoms with van der Waals surface area (Å²) in [7, 11) is 0. The number of aromatic carboxylic acids is 1. The fourth-order valence-electron chi connectivity index (χ4n) is 4.11. The van der Waals surface area contributed by atoms with Crippen LogP contribution in [0.15, 0.2) is 89.9 Å². The Kier molecular flexibility index (Phi) is 6.61. The first-order valence-corrected chi connectivity index (χ1v) is 11.5. The van der Waals surface area contributed by atoms with Gasteiger partial charge in [0.1, 0.15) is 5.60 Å². The molecular weight excluding hydrogens is 458 g/mol. The SMILES string of the molecule is CC(C)(C)OC(=O)N=C1NC(c2ccccc2)(c2ccccc2)C(=O)N1Cc1cccc(C(=O)O)c1. The van der Waals surface area contributed by atoms with Crippen LogP contribution in [-0.2, 0) is 21.6 Å². The summed E-state index contributed by atoms with van der Waals surface area (Å²) in [6.45, 7) is 5.18. The Balaban J connectivity index is 1.85. The van der Waals surface area contributed by atoms with E-state index in [-0.39, 0.29) is 24.0 Å². The van der Waals surface area contributed by atoms with Crippen LogP contribution < -0.4 is 5.32 Å². The number of benzene rings is 3. The Hall–Kier alpha value is -4.46. The Morgan fingerprint density at radius 1 is 0.944 bits per heavy atom. The van der Waals surface area contributed by atoms with Gasteiger partial charge in [-0.05, 0) is 49.6 Å². The maximum absolute atomic E-state index is 14.2. The summed E-state index contributed by atoms with van der Waals surface area (Å²) in [6, 6.07) is 24.7. The molecule has 2 amide bonds. The standard InChI is InChI=1S/C28H27N3O5/c1-27(2,3)36-26(35)29-25-30-28(21-13-6-4-7-14-21,22-15-8-5-9-16-22)24(34)31(25)18-19-11-10-12-20(17-19)23(32)33/h4-17H,18H2,1-3H3,(H,32,33)(H,29,30,35). The van der Waals surface area contributed by atoms with Gasteiger partial charge in [0, 0.05) is 0 Å². The Bertz CT molecular complexity index is 1270. The zero-order valence-electron chi connectivity index (χ0n) is 20.3. The maximum Gasteiger partial charge on any atom is 0.437 e. The summed E-state index contributed by atoms with van der Waals surface area (Å²) < 4.78 is 5.38. The molecule has 3 aromatic rings. The molecule has 0 spiro atoms. The number of hydrogen-bond acceptors (Lipinski definition) is 4. The van der Waals surface area contributed by atoms with Crippen LogP contribution in [0.5, 0.6) is 0 Å². The van der Waals surface area contributed by atoms with Crippen LogP contribution in [-0.4, -0.2) is 39.5 Å². The van der Waals surface area contributed by atoms with Crippen molar-refractivity contribution in [2.75, 3.05) is 0 Å². The number of guanidine groups is 1. The molecule has 0 unspecified atom stereocenters. The van der Waals surface area contributed by atoms with E-state index in [4.69, 9.17) is 4.74 Å². The summed E-state index contributed by atoms with van der Waals surface area (Å²) in [4.78, 5) is 43.9. The normalized spacial score (nSPS) is 16.0. The highest BCUT2D eigenvalue weighted by atomic mass is 16.6. The maximum atomic E-state index is 14.2. The molecule has 1 aliphatic heterocycles. The van der Waals surface area contributed by atoms with Gasteiger partial charge >= 0.3 is 12.1 Å². The molecule has 1 heterocycles. The van der Waals surface area contributed by atoms with E-state index >= 15 is 0 Å². The van der Waals surface area contributed by atoms with Crippen molar-refractivity contribution in [1.82, 2.24) is 10.2 Å². The smallest absolute Gasteiger partial charge is 0.437 e. The number of nitrogens with zero attached hydrogens (tertiary/aromatic N) is 2. The molecule has 0 bridgehead atoms. The molecule has 36 heavy (non-hydrogen) atoms. The highest BCUT2D eigenvalue weighted by molar-refractivity contribution is 6.13. The van der Waals surface area contributed by atoms with Gasteiger partial charge < -0.3 is 15.2 Å². The van der Waals surface area contributed by atoms with Gasteiger partial charge in [0.15, 0.2) is 5.54 Å². The van der Waals surface area contributed by atoms with E-state index in [0.717, 1.165) is 0 Å². The average Bonchev–Trinajstić information content (AvgIpc) is 3.11. The second kappa shape index (κ2) is 9.65. The number of nitrogens with one attached hydrogen (secondary N) is 1. The molecule has 0 atom stereocenters. The third-order valence-corrected chi connectivity index (χ3v) is 5.64. The predicted molar refractivity (Wildman–Crippen MR) is 134 cm³/mol. The van der Waals surface area contributed by atoms with E-state index in [1.807, 2.05) is 60.7 Å². The first-order chi connectivity index (χ1) is 17.1. The van der Waals surface area contributed by atoms with Crippen LogP contribution in [0, 0.1) is 0 Å². The van der Waals surface area contributed by atoms with Crippen molar-refractivity contribution in [2.45, 2.75) is 38.5 Å². The Morgan fingerprint density at radius 2 is 1.53 bits per heavy atom. The van der Waals surface area contributed by atoms with E-state index in [2.05, 4.69) is 10.3 Å². The van der Waals surface area contributed by atoms with Crippen molar-refractivity contribution < 1.29 is 24.2 Å². The molecule has 1 fully saturated rings. The highest BCUT2D eigenvalue weighted by Crippen LogP contribution is 2.36. The fourth-order valence-corrected chi connectivity index (χ4v) is 4.11. The van der Waals surface area contributed by atoms with Gasteiger partial charge in [-0.15, -0.1) is 4.99 Å². The minimum absolute atomic E-state index is 0.00397. The summed E-state index contributed by atoms with van der Waals surface area (Å²) in [6.07, 6.45) is -0.848. The van der Waals surface area contributed by atoms with Crippen LogP contribution in [0.4, 0.5) is 4.79 Å². The number of ether oxygens (including phenoxy) is 1. The van der Waals surface area contributed by atoms with Crippen molar-refractivity contribution in [2.24, 2.45) is 4.99 Å². The van der Waals surface area contributed by atoms with Crippen LogP contribution in [0.2, 0.25) is 0 Å². The quantitative estimate of drug-likeness (QED) is 0.549. The molecule has 0 saturated carbocycles. The second-order valence-corrected chi connectivity index (χ2v) is 9.42. The van der Waals surface area contributed by atoms with Gasteiger partial charge in [-0.3, -0.25) is 9.69 Å². The Morgan fingerprint density at radius 3 is 2.06 bits per heavy atom. The third kappa shape index (κ3) is 4.98. The number of amides is 2. The lowest BCUT2D eigenvalue weighted by Crippen LogP contribution is -2.45. The van der Waals surface area contributed by atoms with Crippen LogP contribution >= 0.6 is 0 Å². The van der Waals surface area contributed by atoms with Crippen LogP contribution in [0.3, 0.4) is 0 Å². The summed E-state index contributed by atoms with van der Waals surface area (Å²) >= 11 is 0. The number of aliphatic imine (C=N–C) groups is 1. The molecular formula is C28H27N3O5. The lowest BCUT2D eigenvalue weighted by molar-refractivity contribution is -0.130. The fraction of sp³-hybridized carbons (Fsp3) is 0.214. The van der Waals surface area contributed by atoms with Gasteiger partial charge in [-0.1, -0.05) is 72.8 Å². The first kappa shape index (κ1) is 24.7. The number of hydrogen-bond donors (Lipinski definition) is 2. The molecule has 184 valence electrons. The van der Waals surface area contributed by atoms with Gasteiger partial charge in [0.05, 0.1) is 12.1 Å². The topological polar surface area (TPSA) is 108 Å². The van der Waals surface area contributed by atoms with Crippen molar-refractivity contribution >= 4 is 23.9 Å². The number of carbonyl (C=O) groups excluding carboxylic acids is 2. The average molecular weight is 486 g/mol. The third-order valence-electron chi connectivity index (χ3n) is 5.64. The van der Waals surface area contributed by atoms with Crippen molar-refractivity contribution in [3.63, 3.8) is 0 Å². The number of rotatable bonds is 5. The molecule has 1 aliphatic rings. The van der Waals surface area contributed by atoms with Gasteiger partial charge in [0.25, 0.3) is 5.91 Å². The molecule has 8 heteroatoms. The van der Waals surface area contributed by atoms with Gasteiger partial charge in [-0.25, -0.2) is 9.59 Å². The lowest BCUT2D eigenvalue weighted by Gasteiger charge is -2.28. The largest absolute Gasteiger partial charge is 0.478 e. The Labute approximate surface area is 209 Å². The highest BCUT2D eigenvalue weighted by Gasteiger charge is 2.52. The molecule has 2 N–H and O–H groups in total. The van der Waals surface area contributed by atoms with E-state index in [1.54, 1.807) is 32.9 Å². The molecule has 0 radical (unpaired) electrons. The summed E-state index contributed by atoms with van der Waals surface area (Å²) in [5.74, 6) is -1.42. The summed E-state index contributed by atoms with van der Waals surface area (Å²) in [5, 5.41) is 12.6. The van der Waals surface area contributed by atoms with Crippen molar-refractivity contribution in [1.29, 1.82) is 0 Å².